The van der Waals surface area contributed by atoms with Crippen LogP contribution in [0.3, 0.4) is 0 Å². The summed E-state index contributed by atoms with van der Waals surface area (Å²) in [5.41, 5.74) is 4.74. The van der Waals surface area contributed by atoms with Crippen LogP contribution in [0.25, 0.3) is 43.8 Å². The van der Waals surface area contributed by atoms with Crippen molar-refractivity contribution in [2.45, 2.75) is 12.8 Å². The van der Waals surface area contributed by atoms with Crippen LogP contribution < -0.4 is 4.74 Å². The number of para-hydroxylation sites is 1. The molecule has 1 atom stereocenters. The first-order valence-electron chi connectivity index (χ1n) is 12.6. The lowest BCUT2D eigenvalue weighted by atomic mass is 9.94. The van der Waals surface area contributed by atoms with Crippen molar-refractivity contribution in [3.8, 4) is 28.0 Å². The number of esters is 1. The number of carbonyl (C=O) groups excluding carboxylic acids is 1. The number of fused-ring (bicyclic) bond motifs is 2. The second kappa shape index (κ2) is 9.75. The van der Waals surface area contributed by atoms with Crippen molar-refractivity contribution in [2.75, 3.05) is 0 Å². The number of carbonyl (C=O) groups is 1. The van der Waals surface area contributed by atoms with Crippen molar-refractivity contribution in [1.82, 2.24) is 0 Å². The first kappa shape index (κ1) is 22.8. The fourth-order valence-electron chi connectivity index (χ4n) is 4.88. The second-order valence-electron chi connectivity index (χ2n) is 9.36. The van der Waals surface area contributed by atoms with Gasteiger partial charge in [-0.3, -0.25) is 4.79 Å². The fourth-order valence-corrected chi connectivity index (χ4v) is 4.88. The Morgan fingerprint density at radius 3 is 1.57 bits per heavy atom. The normalized spacial score (nSPS) is 11.9. The molecule has 0 spiro atoms. The highest BCUT2D eigenvalue weighted by molar-refractivity contribution is 5.94. The summed E-state index contributed by atoms with van der Waals surface area (Å²) >= 11 is 0. The van der Waals surface area contributed by atoms with Crippen LogP contribution in [0, 0.1) is 0 Å². The average molecular weight is 479 g/mol. The smallest absolute Gasteiger partial charge is 0.318 e. The summed E-state index contributed by atoms with van der Waals surface area (Å²) in [6, 6.07) is 45.2. The highest BCUT2D eigenvalue weighted by Crippen LogP contribution is 2.41. The lowest BCUT2D eigenvalue weighted by molar-refractivity contribution is -0.135. The van der Waals surface area contributed by atoms with Crippen LogP contribution in [0.1, 0.15) is 18.4 Å². The van der Waals surface area contributed by atoms with E-state index in [1.807, 2.05) is 79.7 Å². The predicted octanol–water partition coefficient (Wildman–Crippen LogP) is 9.04. The van der Waals surface area contributed by atoms with Gasteiger partial charge in [-0.25, -0.2) is 0 Å². The van der Waals surface area contributed by atoms with E-state index in [2.05, 4.69) is 60.7 Å². The summed E-state index contributed by atoms with van der Waals surface area (Å²) in [6.45, 7) is 1.89. The van der Waals surface area contributed by atoms with Crippen molar-refractivity contribution in [3.63, 3.8) is 0 Å². The van der Waals surface area contributed by atoms with Gasteiger partial charge in [0.15, 0.2) is 0 Å². The first-order chi connectivity index (χ1) is 18.2. The zero-order valence-electron chi connectivity index (χ0n) is 20.6. The van der Waals surface area contributed by atoms with Crippen LogP contribution in [-0.4, -0.2) is 5.97 Å². The molecular weight excluding hydrogens is 452 g/mol. The van der Waals surface area contributed by atoms with E-state index in [4.69, 9.17) is 4.74 Å². The van der Waals surface area contributed by atoms with Gasteiger partial charge >= 0.3 is 5.97 Å². The molecule has 6 rings (SSSR count). The number of rotatable bonds is 5. The lowest BCUT2D eigenvalue weighted by Gasteiger charge is -2.18. The van der Waals surface area contributed by atoms with Gasteiger partial charge in [0, 0.05) is 11.1 Å². The van der Waals surface area contributed by atoms with Crippen LogP contribution in [0.2, 0.25) is 0 Å². The molecule has 0 aliphatic rings. The SMILES string of the molecule is C[C@@H](C(=O)Oc1c(-c2ccc3ccccc3c2)cccc1-c1ccc2ccccc2c1)c1ccccc1. The molecule has 6 aromatic carbocycles. The van der Waals surface area contributed by atoms with E-state index < -0.39 is 5.92 Å². The number of ether oxygens (including phenoxy) is 1. The third-order valence-electron chi connectivity index (χ3n) is 6.99. The maximum Gasteiger partial charge on any atom is 0.318 e. The number of hydrogen-bond donors (Lipinski definition) is 0. The van der Waals surface area contributed by atoms with Crippen LogP contribution in [0.15, 0.2) is 133 Å². The molecule has 2 nitrogen and oxygen atoms in total. The van der Waals surface area contributed by atoms with Crippen molar-refractivity contribution in [1.29, 1.82) is 0 Å². The number of benzene rings is 6. The highest BCUT2D eigenvalue weighted by Gasteiger charge is 2.22. The maximum absolute atomic E-state index is 13.5. The van der Waals surface area contributed by atoms with E-state index in [1.54, 1.807) is 0 Å². The van der Waals surface area contributed by atoms with E-state index in [0.29, 0.717) is 5.75 Å². The average Bonchev–Trinajstić information content (AvgIpc) is 2.96. The fraction of sp³-hybridized carbons (Fsp3) is 0.0571. The van der Waals surface area contributed by atoms with Crippen LogP contribution in [0.5, 0.6) is 5.75 Å². The largest absolute Gasteiger partial charge is 0.425 e. The van der Waals surface area contributed by atoms with Gasteiger partial charge < -0.3 is 4.74 Å². The molecule has 178 valence electrons. The minimum Gasteiger partial charge on any atom is -0.425 e. The summed E-state index contributed by atoms with van der Waals surface area (Å²) in [5, 5.41) is 4.64. The molecule has 0 aliphatic heterocycles. The molecule has 0 aliphatic carbocycles. The second-order valence-corrected chi connectivity index (χ2v) is 9.36. The van der Waals surface area contributed by atoms with E-state index >= 15 is 0 Å². The molecule has 6 aromatic rings. The standard InChI is InChI=1S/C35H26O2/c1-24(25-10-3-2-4-11-25)35(36)37-34-32(30-20-18-26-12-5-7-14-28(26)22-30)16-9-17-33(34)31-21-19-27-13-6-8-15-29(27)23-31/h2-24H,1H3/t24-/m1/s1. The minimum atomic E-state index is -0.393. The Morgan fingerprint density at radius 1 is 0.541 bits per heavy atom. The van der Waals surface area contributed by atoms with Gasteiger partial charge in [-0.2, -0.15) is 0 Å². The zero-order chi connectivity index (χ0) is 25.2. The molecule has 0 saturated heterocycles. The van der Waals surface area contributed by atoms with Crippen LogP contribution in [-0.2, 0) is 4.79 Å². The quantitative estimate of drug-likeness (QED) is 0.182. The molecule has 0 unspecified atom stereocenters. The molecule has 0 fully saturated rings. The van der Waals surface area contributed by atoms with E-state index in [0.717, 1.165) is 38.6 Å². The monoisotopic (exact) mass is 478 g/mol. The molecule has 2 heteroatoms. The molecule has 0 radical (unpaired) electrons. The summed E-state index contributed by atoms with van der Waals surface area (Å²) in [5.74, 6) is -0.0855. The van der Waals surface area contributed by atoms with Crippen molar-refractivity contribution in [2.24, 2.45) is 0 Å². The Kier molecular flexibility index (Phi) is 6.00. The Hall–Kier alpha value is -4.69. The van der Waals surface area contributed by atoms with Crippen molar-refractivity contribution in [3.05, 3.63) is 139 Å². The topological polar surface area (TPSA) is 26.3 Å². The Labute approximate surface area is 216 Å². The highest BCUT2D eigenvalue weighted by atomic mass is 16.5. The van der Waals surface area contributed by atoms with Crippen molar-refractivity contribution >= 4 is 27.5 Å². The molecule has 0 saturated carbocycles. The Bertz CT molecular complexity index is 1640. The summed E-state index contributed by atoms with van der Waals surface area (Å²) in [4.78, 5) is 13.5. The molecular formula is C35H26O2. The molecule has 0 heterocycles. The van der Waals surface area contributed by atoms with E-state index in [-0.39, 0.29) is 5.97 Å². The predicted molar refractivity (Wildman–Crippen MR) is 153 cm³/mol. The molecule has 0 bridgehead atoms. The van der Waals surface area contributed by atoms with Gasteiger partial charge in [0.1, 0.15) is 5.75 Å². The van der Waals surface area contributed by atoms with Gasteiger partial charge in [-0.05, 0) is 57.3 Å². The minimum absolute atomic E-state index is 0.276. The van der Waals surface area contributed by atoms with E-state index in [9.17, 15) is 4.79 Å². The van der Waals surface area contributed by atoms with Gasteiger partial charge in [0.2, 0.25) is 0 Å². The third kappa shape index (κ3) is 4.50. The van der Waals surface area contributed by atoms with Gasteiger partial charge in [-0.15, -0.1) is 0 Å². The van der Waals surface area contributed by atoms with Crippen LogP contribution in [0.4, 0.5) is 0 Å². The van der Waals surface area contributed by atoms with E-state index in [1.165, 1.54) is 10.8 Å². The van der Waals surface area contributed by atoms with Crippen molar-refractivity contribution < 1.29 is 9.53 Å². The summed E-state index contributed by atoms with van der Waals surface area (Å²) < 4.78 is 6.29. The van der Waals surface area contributed by atoms with Gasteiger partial charge in [-0.1, -0.05) is 121 Å². The first-order valence-corrected chi connectivity index (χ1v) is 12.6. The van der Waals surface area contributed by atoms with Gasteiger partial charge in [0.25, 0.3) is 0 Å². The summed E-state index contributed by atoms with van der Waals surface area (Å²) in [6.07, 6.45) is 0. The Balaban J connectivity index is 1.50. The number of hydrogen-bond acceptors (Lipinski definition) is 2. The van der Waals surface area contributed by atoms with Crippen LogP contribution >= 0.6 is 0 Å². The molecule has 0 N–H and O–H groups in total. The molecule has 0 aromatic heterocycles. The zero-order valence-corrected chi connectivity index (χ0v) is 20.6. The van der Waals surface area contributed by atoms with Gasteiger partial charge in [0.05, 0.1) is 5.92 Å². The lowest BCUT2D eigenvalue weighted by Crippen LogP contribution is -2.17. The summed E-state index contributed by atoms with van der Waals surface area (Å²) in [7, 11) is 0. The maximum atomic E-state index is 13.5. The molecule has 0 amide bonds. The Morgan fingerprint density at radius 2 is 1.03 bits per heavy atom. The molecule has 37 heavy (non-hydrogen) atoms. The third-order valence-corrected chi connectivity index (χ3v) is 6.99.